The Morgan fingerprint density at radius 1 is 0.958 bits per heavy atom. The van der Waals surface area contributed by atoms with Crippen LogP contribution in [0.3, 0.4) is 0 Å². The van der Waals surface area contributed by atoms with E-state index in [1.165, 1.54) is 39.5 Å². The van der Waals surface area contributed by atoms with E-state index in [0.717, 1.165) is 11.3 Å². The molecule has 0 bridgehead atoms. The van der Waals surface area contributed by atoms with E-state index in [9.17, 15) is 14.7 Å². The van der Waals surface area contributed by atoms with Crippen molar-refractivity contribution < 1.29 is 28.9 Å². The van der Waals surface area contributed by atoms with Gasteiger partial charge in [-0.15, -0.1) is 11.3 Å². The van der Waals surface area contributed by atoms with Crippen LogP contribution in [0.15, 0.2) is 30.3 Å². The largest absolute Gasteiger partial charge is 0.544 e. The van der Waals surface area contributed by atoms with E-state index in [1.54, 1.807) is 18.2 Å². The minimum atomic E-state index is -1.30. The zero-order chi connectivity index (χ0) is 17.7. The van der Waals surface area contributed by atoms with Crippen molar-refractivity contribution in [3.8, 4) is 17.2 Å². The van der Waals surface area contributed by atoms with E-state index in [-0.39, 0.29) is 10.7 Å². The lowest BCUT2D eigenvalue weighted by Crippen LogP contribution is -2.20. The van der Waals surface area contributed by atoms with Crippen LogP contribution in [0.5, 0.6) is 17.2 Å². The summed E-state index contributed by atoms with van der Waals surface area (Å²) in [5.74, 6) is -0.0947. The smallest absolute Gasteiger partial charge is 0.195 e. The molecular weight excluding hydrogens is 332 g/mol. The second-order valence-electron chi connectivity index (χ2n) is 4.60. The number of benzene rings is 1. The second kappa shape index (κ2) is 7.65. The third-order valence-corrected chi connectivity index (χ3v) is 4.28. The van der Waals surface area contributed by atoms with Crippen molar-refractivity contribution in [2.45, 2.75) is 0 Å². The molecule has 0 spiro atoms. The first-order valence-electron chi connectivity index (χ1n) is 6.83. The second-order valence-corrected chi connectivity index (χ2v) is 5.68. The number of aromatic carboxylic acids is 1. The standard InChI is InChI=1S/C17H16O6S/c1-21-12-9-14(23-3)13(22-2)8-10(12)4-5-11(18)15-6-7-16(24-15)17(19)20/h4-9H,1-3H3,(H,19,20)/p-1/b5-4+. The molecule has 0 atom stereocenters. The van der Waals surface area contributed by atoms with Crippen molar-refractivity contribution >= 4 is 29.2 Å². The normalized spacial score (nSPS) is 10.6. The maximum Gasteiger partial charge on any atom is 0.195 e. The van der Waals surface area contributed by atoms with Crippen LogP contribution in [-0.2, 0) is 0 Å². The van der Waals surface area contributed by atoms with E-state index in [4.69, 9.17) is 14.2 Å². The maximum atomic E-state index is 12.1. The number of ketones is 1. The van der Waals surface area contributed by atoms with Crippen LogP contribution < -0.4 is 19.3 Å². The Morgan fingerprint density at radius 2 is 1.54 bits per heavy atom. The molecule has 24 heavy (non-hydrogen) atoms. The minimum absolute atomic E-state index is 0.00967. The molecule has 1 aromatic heterocycles. The van der Waals surface area contributed by atoms with Gasteiger partial charge in [-0.3, -0.25) is 4.79 Å². The monoisotopic (exact) mass is 347 g/mol. The number of carbonyl (C=O) groups is 2. The molecule has 2 aromatic rings. The average Bonchev–Trinajstić information content (AvgIpc) is 3.09. The average molecular weight is 347 g/mol. The van der Waals surface area contributed by atoms with Crippen LogP contribution in [0.25, 0.3) is 6.08 Å². The molecule has 0 aliphatic heterocycles. The third kappa shape index (κ3) is 3.75. The molecule has 2 rings (SSSR count). The first-order chi connectivity index (χ1) is 11.5. The van der Waals surface area contributed by atoms with Crippen LogP contribution in [-0.4, -0.2) is 33.1 Å². The first kappa shape index (κ1) is 17.6. The van der Waals surface area contributed by atoms with E-state index < -0.39 is 5.97 Å². The summed E-state index contributed by atoms with van der Waals surface area (Å²) >= 11 is 0.869. The van der Waals surface area contributed by atoms with E-state index in [2.05, 4.69) is 0 Å². The van der Waals surface area contributed by atoms with E-state index in [1.807, 2.05) is 0 Å². The summed E-state index contributed by atoms with van der Waals surface area (Å²) in [6.07, 6.45) is 2.91. The fourth-order valence-electron chi connectivity index (χ4n) is 2.01. The van der Waals surface area contributed by atoms with Gasteiger partial charge in [-0.2, -0.15) is 0 Å². The summed E-state index contributed by atoms with van der Waals surface area (Å²) < 4.78 is 15.7. The Bertz CT molecular complexity index is 790. The summed E-state index contributed by atoms with van der Waals surface area (Å²) in [5.41, 5.74) is 0.625. The molecule has 0 radical (unpaired) electrons. The van der Waals surface area contributed by atoms with Gasteiger partial charge in [-0.05, 0) is 30.4 Å². The van der Waals surface area contributed by atoms with Crippen LogP contribution >= 0.6 is 11.3 Å². The third-order valence-electron chi connectivity index (χ3n) is 3.20. The topological polar surface area (TPSA) is 84.9 Å². The fraction of sp³-hybridized carbons (Fsp3) is 0.176. The molecular formula is C17H15O6S-. The van der Waals surface area contributed by atoms with Gasteiger partial charge in [-0.1, -0.05) is 0 Å². The summed E-state index contributed by atoms with van der Waals surface area (Å²) in [5, 5.41) is 10.8. The predicted molar refractivity (Wildman–Crippen MR) is 88.1 cm³/mol. The number of hydrogen-bond donors (Lipinski definition) is 0. The zero-order valence-electron chi connectivity index (χ0n) is 13.3. The van der Waals surface area contributed by atoms with Crippen LogP contribution in [0.1, 0.15) is 24.9 Å². The summed E-state index contributed by atoms with van der Waals surface area (Å²) in [6, 6.07) is 6.14. The van der Waals surface area contributed by atoms with Crippen molar-refractivity contribution in [3.05, 3.63) is 45.7 Å². The zero-order valence-corrected chi connectivity index (χ0v) is 14.1. The minimum Gasteiger partial charge on any atom is -0.544 e. The lowest BCUT2D eigenvalue weighted by Gasteiger charge is -2.12. The van der Waals surface area contributed by atoms with Crippen molar-refractivity contribution in [2.75, 3.05) is 21.3 Å². The number of thiophene rings is 1. The number of carboxylic acids is 1. The molecule has 0 aliphatic rings. The highest BCUT2D eigenvalue weighted by Gasteiger charge is 2.11. The summed E-state index contributed by atoms with van der Waals surface area (Å²) in [6.45, 7) is 0. The molecule has 0 saturated carbocycles. The van der Waals surface area contributed by atoms with Crippen LogP contribution in [0.4, 0.5) is 0 Å². The fourth-order valence-corrected chi connectivity index (χ4v) is 2.77. The van der Waals surface area contributed by atoms with Crippen molar-refractivity contribution in [2.24, 2.45) is 0 Å². The van der Waals surface area contributed by atoms with Gasteiger partial charge >= 0.3 is 0 Å². The van der Waals surface area contributed by atoms with Gasteiger partial charge in [0.1, 0.15) is 5.75 Å². The number of carbonyl (C=O) groups excluding carboxylic acids is 2. The van der Waals surface area contributed by atoms with Gasteiger partial charge in [0.05, 0.1) is 37.1 Å². The van der Waals surface area contributed by atoms with E-state index >= 15 is 0 Å². The predicted octanol–water partition coefficient (Wildman–Crippen LogP) is 2.03. The number of allylic oxidation sites excluding steroid dienone is 1. The number of hydrogen-bond acceptors (Lipinski definition) is 7. The Labute approximate surface area is 142 Å². The van der Waals surface area contributed by atoms with Crippen molar-refractivity contribution in [3.63, 3.8) is 0 Å². The molecule has 1 heterocycles. The van der Waals surface area contributed by atoms with Gasteiger partial charge in [0.2, 0.25) is 0 Å². The van der Waals surface area contributed by atoms with Gasteiger partial charge in [0, 0.05) is 11.6 Å². The Balaban J connectivity index is 2.29. The molecule has 0 saturated heterocycles. The summed E-state index contributed by atoms with van der Waals surface area (Å²) in [4.78, 5) is 23.2. The number of rotatable bonds is 7. The molecule has 0 N–H and O–H groups in total. The number of ether oxygens (including phenoxy) is 3. The van der Waals surface area contributed by atoms with E-state index in [0.29, 0.717) is 27.7 Å². The van der Waals surface area contributed by atoms with Crippen molar-refractivity contribution in [1.82, 2.24) is 0 Å². The number of carboxylic acid groups (broad SMARTS) is 1. The van der Waals surface area contributed by atoms with Crippen LogP contribution in [0, 0.1) is 0 Å². The maximum absolute atomic E-state index is 12.1. The van der Waals surface area contributed by atoms with Gasteiger partial charge in [0.15, 0.2) is 17.3 Å². The molecule has 7 heteroatoms. The van der Waals surface area contributed by atoms with Crippen LogP contribution in [0.2, 0.25) is 0 Å². The quantitative estimate of drug-likeness (QED) is 0.563. The Morgan fingerprint density at radius 3 is 2.08 bits per heavy atom. The number of methoxy groups -OCH3 is 3. The molecule has 0 fully saturated rings. The SMILES string of the molecule is COc1cc(OC)c(OC)cc1/C=C/C(=O)c1ccc(C(=O)[O-])s1. The molecule has 0 amide bonds. The highest BCUT2D eigenvalue weighted by molar-refractivity contribution is 7.16. The van der Waals surface area contributed by atoms with Gasteiger partial charge in [0.25, 0.3) is 0 Å². The highest BCUT2D eigenvalue weighted by atomic mass is 32.1. The molecule has 6 nitrogen and oxygen atoms in total. The lowest BCUT2D eigenvalue weighted by atomic mass is 10.1. The van der Waals surface area contributed by atoms with Gasteiger partial charge < -0.3 is 24.1 Å². The Kier molecular flexibility index (Phi) is 5.59. The molecule has 1 aromatic carbocycles. The van der Waals surface area contributed by atoms with Gasteiger partial charge in [-0.25, -0.2) is 0 Å². The molecule has 0 aliphatic carbocycles. The lowest BCUT2D eigenvalue weighted by molar-refractivity contribution is -0.254. The first-order valence-corrected chi connectivity index (χ1v) is 7.65. The molecule has 126 valence electrons. The molecule has 0 unspecified atom stereocenters. The van der Waals surface area contributed by atoms with Crippen molar-refractivity contribution in [1.29, 1.82) is 0 Å². The Hall–Kier alpha value is -2.80. The highest BCUT2D eigenvalue weighted by Crippen LogP contribution is 2.35. The summed E-state index contributed by atoms with van der Waals surface area (Å²) in [7, 11) is 4.53.